The zero-order valence-corrected chi connectivity index (χ0v) is 13.0. The summed E-state index contributed by atoms with van der Waals surface area (Å²) >= 11 is 0. The number of hydrogen-bond donors (Lipinski definition) is 1. The van der Waals surface area contributed by atoms with Crippen LogP contribution in [0.3, 0.4) is 0 Å². The van der Waals surface area contributed by atoms with E-state index in [1.807, 2.05) is 45.9 Å². The Bertz CT molecular complexity index is 444. The molecule has 0 bridgehead atoms. The number of benzene rings is 1. The maximum absolute atomic E-state index is 12.3. The first-order valence-electron chi connectivity index (χ1n) is 7.28. The van der Waals surface area contributed by atoms with Gasteiger partial charge in [-0.15, -0.1) is 0 Å². The lowest BCUT2D eigenvalue weighted by Gasteiger charge is -2.21. The summed E-state index contributed by atoms with van der Waals surface area (Å²) in [5.41, 5.74) is 2.22. The largest absolute Gasteiger partial charge is 0.456 e. The second kappa shape index (κ2) is 7.44. The summed E-state index contributed by atoms with van der Waals surface area (Å²) in [5.74, 6) is -0.243. The van der Waals surface area contributed by atoms with Gasteiger partial charge in [-0.1, -0.05) is 24.6 Å². The van der Waals surface area contributed by atoms with Crippen LogP contribution in [0.25, 0.3) is 0 Å². The van der Waals surface area contributed by atoms with Crippen LogP contribution in [-0.2, 0) is 11.2 Å². The number of aliphatic hydroxyl groups excluding tert-OH is 1. The molecule has 0 saturated carbocycles. The number of carbonyl (C=O) groups is 1. The van der Waals surface area contributed by atoms with Crippen molar-refractivity contribution in [2.75, 3.05) is 6.61 Å². The van der Waals surface area contributed by atoms with E-state index in [0.717, 1.165) is 36.8 Å². The molecule has 1 rings (SSSR count). The highest BCUT2D eigenvalue weighted by molar-refractivity contribution is 5.93. The van der Waals surface area contributed by atoms with Crippen LogP contribution in [0.2, 0.25) is 0 Å². The van der Waals surface area contributed by atoms with Crippen molar-refractivity contribution in [2.45, 2.75) is 59.0 Å². The van der Waals surface area contributed by atoms with Gasteiger partial charge in [-0.3, -0.25) is 0 Å². The first kappa shape index (κ1) is 16.7. The third-order valence-corrected chi connectivity index (χ3v) is 3.07. The Balaban J connectivity index is 2.85. The number of aliphatic hydroxyl groups is 1. The second-order valence-electron chi connectivity index (χ2n) is 6.15. The topological polar surface area (TPSA) is 46.5 Å². The summed E-state index contributed by atoms with van der Waals surface area (Å²) in [7, 11) is 0. The van der Waals surface area contributed by atoms with Crippen molar-refractivity contribution in [3.05, 3.63) is 34.9 Å². The number of aryl methyl sites for hydroxylation is 2. The number of esters is 1. The van der Waals surface area contributed by atoms with E-state index >= 15 is 0 Å². The average Bonchev–Trinajstić information content (AvgIpc) is 2.32. The Kier molecular flexibility index (Phi) is 6.21. The average molecular weight is 278 g/mol. The van der Waals surface area contributed by atoms with Gasteiger partial charge in [0.2, 0.25) is 0 Å². The van der Waals surface area contributed by atoms with Crippen LogP contribution in [-0.4, -0.2) is 23.3 Å². The fraction of sp³-hybridized carbons (Fsp3) is 0.588. The summed E-state index contributed by atoms with van der Waals surface area (Å²) in [6.07, 6.45) is 3.60. The van der Waals surface area contributed by atoms with E-state index in [1.165, 1.54) is 0 Å². The van der Waals surface area contributed by atoms with Gasteiger partial charge in [-0.05, 0) is 58.1 Å². The Labute approximate surface area is 122 Å². The lowest BCUT2D eigenvalue weighted by atomic mass is 9.97. The third-order valence-electron chi connectivity index (χ3n) is 3.07. The van der Waals surface area contributed by atoms with Crippen LogP contribution in [0.15, 0.2) is 18.2 Å². The fourth-order valence-electron chi connectivity index (χ4n) is 2.16. The summed E-state index contributed by atoms with van der Waals surface area (Å²) in [6, 6.07) is 5.91. The van der Waals surface area contributed by atoms with Gasteiger partial charge >= 0.3 is 5.97 Å². The Morgan fingerprint density at radius 2 is 1.90 bits per heavy atom. The number of hydrogen-bond acceptors (Lipinski definition) is 3. The van der Waals surface area contributed by atoms with E-state index in [4.69, 9.17) is 9.84 Å². The highest BCUT2D eigenvalue weighted by Gasteiger charge is 2.21. The van der Waals surface area contributed by atoms with E-state index in [2.05, 4.69) is 0 Å². The SMILES string of the molecule is Cc1cccc(CCCCCO)c1C(=O)OC(C)(C)C. The van der Waals surface area contributed by atoms with Crippen LogP contribution in [0.5, 0.6) is 0 Å². The van der Waals surface area contributed by atoms with Crippen molar-refractivity contribution >= 4 is 5.97 Å². The van der Waals surface area contributed by atoms with Gasteiger partial charge < -0.3 is 9.84 Å². The van der Waals surface area contributed by atoms with Gasteiger partial charge in [0, 0.05) is 6.61 Å². The van der Waals surface area contributed by atoms with Crippen molar-refractivity contribution in [2.24, 2.45) is 0 Å². The molecule has 0 fully saturated rings. The number of carbonyl (C=O) groups excluding carboxylic acids is 1. The van der Waals surface area contributed by atoms with E-state index < -0.39 is 5.60 Å². The van der Waals surface area contributed by atoms with Crippen molar-refractivity contribution in [1.29, 1.82) is 0 Å². The van der Waals surface area contributed by atoms with E-state index in [0.29, 0.717) is 5.56 Å². The van der Waals surface area contributed by atoms with Gasteiger partial charge in [0.25, 0.3) is 0 Å². The van der Waals surface area contributed by atoms with E-state index in [1.54, 1.807) is 0 Å². The minimum Gasteiger partial charge on any atom is -0.456 e. The molecular weight excluding hydrogens is 252 g/mol. The number of unbranched alkanes of at least 4 members (excludes halogenated alkanes) is 2. The third kappa shape index (κ3) is 5.33. The van der Waals surface area contributed by atoms with Gasteiger partial charge in [0.15, 0.2) is 0 Å². The minimum absolute atomic E-state index is 0.229. The molecule has 1 aromatic rings. The predicted molar refractivity (Wildman–Crippen MR) is 81.0 cm³/mol. The quantitative estimate of drug-likeness (QED) is 0.638. The van der Waals surface area contributed by atoms with E-state index in [9.17, 15) is 4.79 Å². The molecule has 0 atom stereocenters. The summed E-state index contributed by atoms with van der Waals surface area (Å²) in [4.78, 5) is 12.3. The number of ether oxygens (including phenoxy) is 1. The zero-order valence-electron chi connectivity index (χ0n) is 13.0. The minimum atomic E-state index is -0.479. The van der Waals surface area contributed by atoms with Gasteiger partial charge in [-0.25, -0.2) is 4.79 Å². The monoisotopic (exact) mass is 278 g/mol. The van der Waals surface area contributed by atoms with Gasteiger partial charge in [-0.2, -0.15) is 0 Å². The lowest BCUT2D eigenvalue weighted by molar-refractivity contribution is 0.00675. The van der Waals surface area contributed by atoms with Crippen molar-refractivity contribution in [3.63, 3.8) is 0 Å². The molecule has 0 unspecified atom stereocenters. The molecule has 0 spiro atoms. The molecule has 3 nitrogen and oxygen atoms in total. The molecule has 0 heterocycles. The highest BCUT2D eigenvalue weighted by Crippen LogP contribution is 2.21. The Morgan fingerprint density at radius 3 is 2.50 bits per heavy atom. The van der Waals surface area contributed by atoms with Crippen LogP contribution >= 0.6 is 0 Å². The van der Waals surface area contributed by atoms with Gasteiger partial charge in [0.1, 0.15) is 5.60 Å². The molecule has 0 aliphatic carbocycles. The predicted octanol–water partition coefficient (Wildman–Crippen LogP) is 3.66. The number of rotatable bonds is 6. The molecule has 0 saturated heterocycles. The molecule has 1 aromatic carbocycles. The smallest absolute Gasteiger partial charge is 0.339 e. The normalized spacial score (nSPS) is 11.4. The Morgan fingerprint density at radius 1 is 1.20 bits per heavy atom. The molecule has 0 aliphatic heterocycles. The molecule has 0 aromatic heterocycles. The maximum atomic E-state index is 12.3. The van der Waals surface area contributed by atoms with Crippen molar-refractivity contribution in [1.82, 2.24) is 0 Å². The summed E-state index contributed by atoms with van der Waals surface area (Å²) < 4.78 is 5.49. The van der Waals surface area contributed by atoms with Crippen LogP contribution in [0.1, 0.15) is 61.5 Å². The molecule has 20 heavy (non-hydrogen) atoms. The summed E-state index contributed by atoms with van der Waals surface area (Å²) in [5, 5.41) is 8.80. The summed E-state index contributed by atoms with van der Waals surface area (Å²) in [6.45, 7) is 7.81. The molecular formula is C17H26O3. The molecule has 1 N–H and O–H groups in total. The van der Waals surface area contributed by atoms with Crippen LogP contribution in [0, 0.1) is 6.92 Å². The molecule has 0 aliphatic rings. The highest BCUT2D eigenvalue weighted by atomic mass is 16.6. The maximum Gasteiger partial charge on any atom is 0.339 e. The van der Waals surface area contributed by atoms with Gasteiger partial charge in [0.05, 0.1) is 5.56 Å². The molecule has 112 valence electrons. The molecule has 3 heteroatoms. The fourth-order valence-corrected chi connectivity index (χ4v) is 2.16. The first-order valence-corrected chi connectivity index (χ1v) is 7.28. The molecule has 0 amide bonds. The van der Waals surface area contributed by atoms with Crippen LogP contribution in [0.4, 0.5) is 0 Å². The van der Waals surface area contributed by atoms with Crippen molar-refractivity contribution in [3.8, 4) is 0 Å². The standard InChI is InChI=1S/C17H26O3/c1-13-9-8-11-14(10-6-5-7-12-18)15(13)16(19)20-17(2,3)4/h8-9,11,18H,5-7,10,12H2,1-4H3. The first-order chi connectivity index (χ1) is 9.35. The zero-order chi connectivity index (χ0) is 15.2. The second-order valence-corrected chi connectivity index (χ2v) is 6.15. The van der Waals surface area contributed by atoms with Crippen LogP contribution < -0.4 is 0 Å². The van der Waals surface area contributed by atoms with E-state index in [-0.39, 0.29) is 12.6 Å². The molecule has 0 radical (unpaired) electrons. The van der Waals surface area contributed by atoms with Crippen molar-refractivity contribution < 1.29 is 14.6 Å². The lowest BCUT2D eigenvalue weighted by Crippen LogP contribution is -2.25. The Hall–Kier alpha value is -1.35.